The molecule has 0 radical (unpaired) electrons. The van der Waals surface area contributed by atoms with Crippen LogP contribution < -0.4 is 26.0 Å². The van der Waals surface area contributed by atoms with Crippen LogP contribution in [0.5, 0.6) is 5.75 Å². The molecule has 15 heteroatoms. The number of carbonyl (C=O) groups is 5. The van der Waals surface area contributed by atoms with E-state index in [0.717, 1.165) is 0 Å². The molecule has 1 heterocycles. The molecule has 2 aromatic carbocycles. The summed E-state index contributed by atoms with van der Waals surface area (Å²) in [5.74, 6) is -5.61. The van der Waals surface area contributed by atoms with Gasteiger partial charge in [-0.05, 0) is 73.2 Å². The Bertz CT molecular complexity index is 1610. The molecule has 0 saturated heterocycles. The Balaban J connectivity index is 1.83. The van der Waals surface area contributed by atoms with Crippen LogP contribution in [-0.4, -0.2) is 66.3 Å². The van der Waals surface area contributed by atoms with E-state index < -0.39 is 53.7 Å². The molecule has 3 atom stereocenters. The molecule has 4 amide bonds. The van der Waals surface area contributed by atoms with E-state index in [-0.39, 0.29) is 40.7 Å². The Hall–Kier alpha value is -4.98. The zero-order valence-electron chi connectivity index (χ0n) is 27.0. The summed E-state index contributed by atoms with van der Waals surface area (Å²) >= 11 is 6.04. The molecule has 0 aliphatic rings. The average Bonchev–Trinajstić information content (AvgIpc) is 3.08. The molecule has 0 fully saturated rings. The molecular formula is C34H37ClF3N5O6. The van der Waals surface area contributed by atoms with Crippen LogP contribution in [0.2, 0.25) is 5.02 Å². The summed E-state index contributed by atoms with van der Waals surface area (Å²) in [5.41, 5.74) is 0.557. The number of pyridine rings is 1. The fourth-order valence-electron chi connectivity index (χ4n) is 4.69. The zero-order chi connectivity index (χ0) is 36.1. The number of amides is 4. The lowest BCUT2D eigenvalue weighted by Crippen LogP contribution is -2.54. The Kier molecular flexibility index (Phi) is 14.1. The molecule has 3 rings (SSSR count). The number of carbonyl (C=O) groups excluding carboxylic acids is 5. The number of hydrogen-bond donors (Lipinski definition) is 4. The summed E-state index contributed by atoms with van der Waals surface area (Å²) in [6, 6.07) is 12.0. The molecule has 3 aromatic rings. The van der Waals surface area contributed by atoms with Gasteiger partial charge in [0.25, 0.3) is 17.6 Å². The van der Waals surface area contributed by atoms with Crippen LogP contribution in [0.25, 0.3) is 0 Å². The average molecular weight is 704 g/mol. The number of hydrogen-bond acceptors (Lipinski definition) is 7. The molecule has 262 valence electrons. The van der Waals surface area contributed by atoms with Gasteiger partial charge in [-0.2, -0.15) is 13.2 Å². The second-order valence-corrected chi connectivity index (χ2v) is 11.7. The minimum Gasteiger partial charge on any atom is -0.497 e. The molecule has 1 aromatic heterocycles. The third kappa shape index (κ3) is 11.6. The number of ketones is 1. The topological polar surface area (TPSA) is 156 Å². The largest absolute Gasteiger partial charge is 0.497 e. The minimum absolute atomic E-state index is 0.0513. The third-order valence-electron chi connectivity index (χ3n) is 7.34. The maximum atomic E-state index is 13.8. The summed E-state index contributed by atoms with van der Waals surface area (Å²) in [6.07, 6.45) is -2.96. The highest BCUT2D eigenvalue weighted by Gasteiger charge is 2.45. The number of benzene rings is 2. The highest BCUT2D eigenvalue weighted by molar-refractivity contribution is 6.31. The maximum absolute atomic E-state index is 13.8. The molecule has 4 N–H and O–H groups in total. The Labute approximate surface area is 286 Å². The molecule has 0 unspecified atom stereocenters. The predicted molar refractivity (Wildman–Crippen MR) is 175 cm³/mol. The summed E-state index contributed by atoms with van der Waals surface area (Å²) in [6.45, 7) is 2.91. The molecule has 49 heavy (non-hydrogen) atoms. The molecule has 11 nitrogen and oxygen atoms in total. The quantitative estimate of drug-likeness (QED) is 0.159. The van der Waals surface area contributed by atoms with E-state index in [9.17, 15) is 37.1 Å². The molecule has 0 saturated carbocycles. The van der Waals surface area contributed by atoms with Gasteiger partial charge < -0.3 is 26.0 Å². The number of Topliss-reactive ketones (excluding diaryl/α,β-unsaturated/α-hetero) is 1. The number of aromatic nitrogens is 1. The Morgan fingerprint density at radius 3 is 2.16 bits per heavy atom. The number of unbranched alkanes of at least 4 members (excludes halogenated alkanes) is 1. The zero-order valence-corrected chi connectivity index (χ0v) is 27.7. The van der Waals surface area contributed by atoms with Crippen molar-refractivity contribution < 1.29 is 41.9 Å². The van der Waals surface area contributed by atoms with Crippen molar-refractivity contribution in [2.45, 2.75) is 57.4 Å². The first-order valence-corrected chi connectivity index (χ1v) is 15.7. The van der Waals surface area contributed by atoms with Gasteiger partial charge in [-0.25, -0.2) is 0 Å². The Morgan fingerprint density at radius 2 is 1.57 bits per heavy atom. The van der Waals surface area contributed by atoms with Crippen molar-refractivity contribution >= 4 is 41.0 Å². The van der Waals surface area contributed by atoms with Gasteiger partial charge in [0, 0.05) is 23.3 Å². The van der Waals surface area contributed by atoms with E-state index >= 15 is 0 Å². The highest BCUT2D eigenvalue weighted by Crippen LogP contribution is 2.23. The highest BCUT2D eigenvalue weighted by atomic mass is 35.5. The van der Waals surface area contributed by atoms with Crippen molar-refractivity contribution in [3.63, 3.8) is 0 Å². The van der Waals surface area contributed by atoms with Crippen LogP contribution >= 0.6 is 11.6 Å². The standard InChI is InChI=1S/C34H37ClF3N5O6/c1-20(2)27(29(44)34(36,37)38)42-33(48)28(21-13-15-24(49-3)16-14-21)43-32(47)26(41-30(45)22-9-8-10-23(35)19-22)12-5-7-18-40-31(46)25-11-4-6-17-39-25/h4,6,8-11,13-17,19-20,26-28H,5,7,12,18H2,1-3H3,(H,40,46)(H,41,45)(H,42,48)(H,43,47)/t26-,27-,28-/m0/s1. The summed E-state index contributed by atoms with van der Waals surface area (Å²) < 4.78 is 45.2. The van der Waals surface area contributed by atoms with Crippen molar-refractivity contribution in [1.82, 2.24) is 26.3 Å². The number of nitrogens with one attached hydrogen (secondary N) is 4. The number of nitrogens with zero attached hydrogens (tertiary/aromatic N) is 1. The number of methoxy groups -OCH3 is 1. The van der Waals surface area contributed by atoms with Crippen LogP contribution in [0.3, 0.4) is 0 Å². The fourth-order valence-corrected chi connectivity index (χ4v) is 4.88. The fraction of sp³-hybridized carbons (Fsp3) is 0.353. The van der Waals surface area contributed by atoms with Gasteiger partial charge in [0.15, 0.2) is 0 Å². The monoisotopic (exact) mass is 703 g/mol. The van der Waals surface area contributed by atoms with E-state index in [4.69, 9.17) is 16.3 Å². The van der Waals surface area contributed by atoms with Gasteiger partial charge in [0.1, 0.15) is 23.5 Å². The molecular weight excluding hydrogens is 667 g/mol. The maximum Gasteiger partial charge on any atom is 0.452 e. The van der Waals surface area contributed by atoms with Crippen LogP contribution in [-0.2, 0) is 14.4 Å². The summed E-state index contributed by atoms with van der Waals surface area (Å²) in [5, 5.41) is 10.3. The van der Waals surface area contributed by atoms with Crippen molar-refractivity contribution in [2.75, 3.05) is 13.7 Å². The number of rotatable bonds is 16. The van der Waals surface area contributed by atoms with Gasteiger partial charge >= 0.3 is 6.18 Å². The molecule has 0 aliphatic heterocycles. The molecule has 0 aliphatic carbocycles. The second kappa shape index (κ2) is 18.0. The van der Waals surface area contributed by atoms with Crippen molar-refractivity contribution in [2.24, 2.45) is 5.92 Å². The predicted octanol–water partition coefficient (Wildman–Crippen LogP) is 4.57. The van der Waals surface area contributed by atoms with E-state index in [1.54, 1.807) is 30.3 Å². The van der Waals surface area contributed by atoms with Gasteiger partial charge in [-0.1, -0.05) is 49.7 Å². The summed E-state index contributed by atoms with van der Waals surface area (Å²) in [7, 11) is 1.41. The van der Waals surface area contributed by atoms with E-state index in [0.29, 0.717) is 18.6 Å². The third-order valence-corrected chi connectivity index (χ3v) is 7.57. The number of halogens is 4. The van der Waals surface area contributed by atoms with Crippen LogP contribution in [0.1, 0.15) is 65.6 Å². The summed E-state index contributed by atoms with van der Waals surface area (Å²) in [4.78, 5) is 68.9. The van der Waals surface area contributed by atoms with Crippen LogP contribution in [0.15, 0.2) is 72.9 Å². The van der Waals surface area contributed by atoms with Crippen molar-refractivity contribution in [3.8, 4) is 5.75 Å². The first-order valence-electron chi connectivity index (χ1n) is 15.3. The molecule has 0 spiro atoms. The van der Waals surface area contributed by atoms with Gasteiger partial charge in [0.05, 0.1) is 13.2 Å². The lowest BCUT2D eigenvalue weighted by atomic mass is 9.97. The van der Waals surface area contributed by atoms with Crippen molar-refractivity contribution in [3.05, 3.63) is 94.8 Å². The van der Waals surface area contributed by atoms with Gasteiger partial charge in [-0.3, -0.25) is 29.0 Å². The van der Waals surface area contributed by atoms with Crippen molar-refractivity contribution in [1.29, 1.82) is 0 Å². The lowest BCUT2D eigenvalue weighted by Gasteiger charge is -2.27. The SMILES string of the molecule is COc1ccc([C@H](NC(=O)[C@H](CCCCNC(=O)c2ccccn2)NC(=O)c2cccc(Cl)c2)C(=O)N[C@H](C(=O)C(F)(F)F)C(C)C)cc1. The van der Waals surface area contributed by atoms with Gasteiger partial charge in [-0.15, -0.1) is 0 Å². The first kappa shape index (κ1) is 38.5. The number of alkyl halides is 3. The van der Waals surface area contributed by atoms with Gasteiger partial charge in [0.2, 0.25) is 11.8 Å². The van der Waals surface area contributed by atoms with Crippen LogP contribution in [0.4, 0.5) is 13.2 Å². The Morgan fingerprint density at radius 1 is 0.857 bits per heavy atom. The number of ether oxygens (including phenoxy) is 1. The van der Waals surface area contributed by atoms with E-state index in [1.165, 1.54) is 63.6 Å². The van der Waals surface area contributed by atoms with E-state index in [2.05, 4.69) is 26.3 Å². The normalized spacial score (nSPS) is 13.1. The minimum atomic E-state index is -5.21. The van der Waals surface area contributed by atoms with E-state index in [1.807, 2.05) is 0 Å². The van der Waals surface area contributed by atoms with Crippen LogP contribution in [0, 0.1) is 5.92 Å². The lowest BCUT2D eigenvalue weighted by molar-refractivity contribution is -0.175. The smallest absolute Gasteiger partial charge is 0.452 e. The molecule has 0 bridgehead atoms. The second-order valence-electron chi connectivity index (χ2n) is 11.3. The first-order chi connectivity index (χ1) is 23.2.